The van der Waals surface area contributed by atoms with Gasteiger partial charge < -0.3 is 0 Å². The second-order valence-corrected chi connectivity index (χ2v) is 3.16. The van der Waals surface area contributed by atoms with Crippen LogP contribution < -0.4 is 0 Å². The fraction of sp³-hybridized carbons (Fsp3) is 0. The van der Waals surface area contributed by atoms with Gasteiger partial charge in [0.15, 0.2) is 0 Å². The summed E-state index contributed by atoms with van der Waals surface area (Å²) >= 11 is 3.20. The molecule has 0 unspecified atom stereocenters. The molecule has 0 spiro atoms. The van der Waals surface area contributed by atoms with Gasteiger partial charge in [0.2, 0.25) is 0 Å². The molecule has 5 nitrogen and oxygen atoms in total. The van der Waals surface area contributed by atoms with Crippen LogP contribution in [0.15, 0.2) is 24.5 Å². The predicted molar refractivity (Wildman–Crippen MR) is 41.8 cm³/mol. The zero-order valence-corrected chi connectivity index (χ0v) is 7.75. The van der Waals surface area contributed by atoms with E-state index in [0.717, 1.165) is 5.52 Å². The third-order valence-corrected chi connectivity index (χ3v) is 2.20. The van der Waals surface area contributed by atoms with Crippen molar-refractivity contribution in [2.75, 3.05) is 0 Å². The quantitative estimate of drug-likeness (QED) is 0.445. The van der Waals surface area contributed by atoms with Crippen molar-refractivity contribution in [3.8, 4) is 0 Å². The van der Waals surface area contributed by atoms with Crippen LogP contribution >= 0.6 is 0 Å². The maximum atomic E-state index is 10.4. The fourth-order valence-electron chi connectivity index (χ4n) is 1.06. The average molecular weight is 270 g/mol. The van der Waals surface area contributed by atoms with Gasteiger partial charge in [0.05, 0.1) is 0 Å². The van der Waals surface area contributed by atoms with Crippen molar-refractivity contribution in [2.45, 2.75) is 0 Å². The van der Waals surface area contributed by atoms with E-state index in [1.54, 1.807) is 15.4 Å². The van der Waals surface area contributed by atoms with Crippen molar-refractivity contribution in [3.05, 3.63) is 34.6 Å². The summed E-state index contributed by atoms with van der Waals surface area (Å²) in [5.74, 6) is 0. The number of fused-ring (bicyclic) bond motifs is 1. The number of aromatic nitrogens is 2. The number of imidazole rings is 1. The molecular formula is C7H4AgN3O2. The molecule has 0 aliphatic rings. The molecule has 2 rings (SSSR count). The van der Waals surface area contributed by atoms with Crippen LogP contribution in [0, 0.1) is 10.1 Å². The summed E-state index contributed by atoms with van der Waals surface area (Å²) in [5, 5.41) is 10.4. The molecule has 0 saturated heterocycles. The first kappa shape index (κ1) is 8.43. The van der Waals surface area contributed by atoms with Gasteiger partial charge in [-0.1, -0.05) is 0 Å². The zero-order valence-electron chi connectivity index (χ0n) is 6.27. The van der Waals surface area contributed by atoms with Crippen molar-refractivity contribution in [1.29, 1.82) is 0 Å². The molecule has 1 heterocycles. The number of nitro groups is 1. The van der Waals surface area contributed by atoms with Gasteiger partial charge in [-0.05, 0) is 0 Å². The molecule has 0 aliphatic heterocycles. The Morgan fingerprint density at radius 1 is 1.54 bits per heavy atom. The van der Waals surface area contributed by atoms with E-state index in [-0.39, 0.29) is 5.69 Å². The first-order chi connectivity index (χ1) is 6.18. The number of hydrogen-bond acceptors (Lipinski definition) is 3. The van der Waals surface area contributed by atoms with Crippen molar-refractivity contribution in [2.24, 2.45) is 0 Å². The first-order valence-electron chi connectivity index (χ1n) is 3.43. The van der Waals surface area contributed by atoms with Crippen LogP contribution in [0.1, 0.15) is 0 Å². The normalized spacial score (nSPS) is 10.6. The van der Waals surface area contributed by atoms with E-state index in [2.05, 4.69) is 26.3 Å². The molecule has 0 fully saturated rings. The van der Waals surface area contributed by atoms with Gasteiger partial charge in [0.25, 0.3) is 0 Å². The van der Waals surface area contributed by atoms with Gasteiger partial charge in [0.1, 0.15) is 0 Å². The van der Waals surface area contributed by atoms with Crippen LogP contribution in [0.4, 0.5) is 5.69 Å². The molecule has 13 heavy (non-hydrogen) atoms. The molecule has 1 aromatic heterocycles. The van der Waals surface area contributed by atoms with Crippen molar-refractivity contribution in [3.63, 3.8) is 0 Å². The van der Waals surface area contributed by atoms with E-state index in [4.69, 9.17) is 0 Å². The topological polar surface area (TPSA) is 61.0 Å². The van der Waals surface area contributed by atoms with Gasteiger partial charge >= 0.3 is 85.6 Å². The molecule has 2 aromatic rings. The van der Waals surface area contributed by atoms with E-state index >= 15 is 0 Å². The number of benzene rings is 1. The van der Waals surface area contributed by atoms with E-state index in [0.29, 0.717) is 5.52 Å². The Bertz CT molecular complexity index is 480. The Morgan fingerprint density at radius 2 is 2.31 bits per heavy atom. The minimum atomic E-state index is -0.431. The SMILES string of the molecule is O=[N+]([O-])c1ccc2nc[n]([Ag])c2c1. The molecule has 0 amide bonds. The van der Waals surface area contributed by atoms with Crippen molar-refractivity contribution < 1.29 is 26.3 Å². The fourth-order valence-corrected chi connectivity index (χ4v) is 1.41. The third kappa shape index (κ3) is 1.37. The molecule has 0 bridgehead atoms. The van der Waals surface area contributed by atoms with Crippen LogP contribution in [-0.4, -0.2) is 12.9 Å². The standard InChI is InChI=1S/C7H4N3O2.Ag/c11-10(12)5-1-2-6-7(3-5)9-4-8-6;/h1-4H;/q-1;+1. The Kier molecular flexibility index (Phi) is 1.91. The summed E-state index contributed by atoms with van der Waals surface area (Å²) in [4.78, 5) is 14.0. The molecule has 0 N–H and O–H groups in total. The van der Waals surface area contributed by atoms with Crippen LogP contribution in [0.2, 0.25) is 0 Å². The first-order valence-corrected chi connectivity index (χ1v) is 4.09. The van der Waals surface area contributed by atoms with Gasteiger partial charge in [-0.2, -0.15) is 0 Å². The summed E-state index contributed by atoms with van der Waals surface area (Å²) in [6.07, 6.45) is 1.55. The van der Waals surface area contributed by atoms with Crippen molar-refractivity contribution >= 4 is 16.7 Å². The number of nitro benzene ring substituents is 1. The van der Waals surface area contributed by atoms with E-state index < -0.39 is 4.92 Å². The van der Waals surface area contributed by atoms with E-state index in [1.807, 2.05) is 0 Å². The Hall–Kier alpha value is -1.17. The zero-order chi connectivity index (χ0) is 9.42. The van der Waals surface area contributed by atoms with Crippen LogP contribution in [0.5, 0.6) is 0 Å². The number of rotatable bonds is 1. The summed E-state index contributed by atoms with van der Waals surface area (Å²) in [6, 6.07) is 4.52. The summed E-state index contributed by atoms with van der Waals surface area (Å²) in [6.45, 7) is 0. The van der Waals surface area contributed by atoms with Gasteiger partial charge in [0, 0.05) is 0 Å². The number of nitrogens with zero attached hydrogens (tertiary/aromatic N) is 3. The molecule has 0 aliphatic carbocycles. The van der Waals surface area contributed by atoms with Gasteiger partial charge in [-0.3, -0.25) is 0 Å². The third-order valence-electron chi connectivity index (χ3n) is 1.67. The molecule has 0 atom stereocenters. The molecule has 1 aromatic carbocycles. The molecule has 70 valence electrons. The predicted octanol–water partition coefficient (Wildman–Crippen LogP) is 1.25. The summed E-state index contributed by atoms with van der Waals surface area (Å²) in [5.41, 5.74) is 1.48. The maximum absolute atomic E-state index is 10.4. The van der Waals surface area contributed by atoms with Crippen LogP contribution in [0.3, 0.4) is 0 Å². The number of hydrogen-bond donors (Lipinski definition) is 0. The summed E-state index contributed by atoms with van der Waals surface area (Å²) < 4.78 is 1.56. The average Bonchev–Trinajstić information content (AvgIpc) is 2.47. The number of non-ortho nitro benzene ring substituents is 1. The van der Waals surface area contributed by atoms with E-state index in [9.17, 15) is 10.1 Å². The second-order valence-electron chi connectivity index (χ2n) is 2.45. The Balaban J connectivity index is 2.72. The Labute approximate surface area is 85.8 Å². The van der Waals surface area contributed by atoms with Crippen molar-refractivity contribution in [1.82, 2.24) is 7.95 Å². The molecule has 0 saturated carbocycles. The van der Waals surface area contributed by atoms with E-state index in [1.165, 1.54) is 12.1 Å². The summed E-state index contributed by atoms with van der Waals surface area (Å²) in [7, 11) is 0. The molecule has 0 radical (unpaired) electrons. The second kappa shape index (κ2) is 2.95. The van der Waals surface area contributed by atoms with Gasteiger partial charge in [-0.15, -0.1) is 0 Å². The monoisotopic (exact) mass is 269 g/mol. The Morgan fingerprint density at radius 3 is 3.00 bits per heavy atom. The minimum absolute atomic E-state index is 0.0632. The molecule has 6 heteroatoms. The molecular weight excluding hydrogens is 266 g/mol. The van der Waals surface area contributed by atoms with Crippen LogP contribution in [-0.2, 0) is 21.3 Å². The van der Waals surface area contributed by atoms with Gasteiger partial charge in [-0.25, -0.2) is 0 Å². The van der Waals surface area contributed by atoms with Crippen LogP contribution in [0.25, 0.3) is 11.0 Å².